The SMILES string of the molecule is Cc1ccc(CNC(=O)c2nn(C)c3ccccc3c2=O)cc1. The maximum atomic E-state index is 12.4. The fourth-order valence-corrected chi connectivity index (χ4v) is 2.45. The molecule has 1 aromatic heterocycles. The van der Waals surface area contributed by atoms with Crippen LogP contribution in [0.4, 0.5) is 0 Å². The molecule has 116 valence electrons. The normalized spacial score (nSPS) is 10.7. The second-order valence-corrected chi connectivity index (χ2v) is 5.49. The van der Waals surface area contributed by atoms with Crippen LogP contribution >= 0.6 is 0 Å². The van der Waals surface area contributed by atoms with E-state index in [1.165, 1.54) is 0 Å². The molecule has 0 spiro atoms. The Labute approximate surface area is 133 Å². The Kier molecular flexibility index (Phi) is 3.93. The van der Waals surface area contributed by atoms with Crippen LogP contribution in [0.3, 0.4) is 0 Å². The van der Waals surface area contributed by atoms with Crippen LogP contribution in [0.25, 0.3) is 10.9 Å². The standard InChI is InChI=1S/C18H17N3O2/c1-12-7-9-13(10-8-12)11-19-18(23)16-17(22)14-5-3-4-6-15(14)21(2)20-16/h3-10H,11H2,1-2H3,(H,19,23). The molecule has 0 radical (unpaired) electrons. The van der Waals surface area contributed by atoms with Crippen molar-refractivity contribution in [1.82, 2.24) is 15.1 Å². The highest BCUT2D eigenvalue weighted by atomic mass is 16.2. The number of hydrogen-bond acceptors (Lipinski definition) is 3. The predicted octanol–water partition coefficient (Wildman–Crippen LogP) is 2.17. The molecule has 1 heterocycles. The van der Waals surface area contributed by atoms with Crippen molar-refractivity contribution in [3.8, 4) is 0 Å². The molecule has 0 atom stereocenters. The van der Waals surface area contributed by atoms with Crippen LogP contribution in [0, 0.1) is 6.92 Å². The third-order valence-electron chi connectivity index (χ3n) is 3.75. The molecule has 3 aromatic rings. The molecule has 2 aromatic carbocycles. The van der Waals surface area contributed by atoms with E-state index in [0.29, 0.717) is 17.4 Å². The van der Waals surface area contributed by atoms with E-state index in [4.69, 9.17) is 0 Å². The van der Waals surface area contributed by atoms with E-state index in [0.717, 1.165) is 11.1 Å². The monoisotopic (exact) mass is 307 g/mol. The zero-order chi connectivity index (χ0) is 16.4. The van der Waals surface area contributed by atoms with Crippen LogP contribution in [-0.2, 0) is 13.6 Å². The van der Waals surface area contributed by atoms with Gasteiger partial charge in [-0.1, -0.05) is 42.0 Å². The molecule has 3 rings (SSSR count). The zero-order valence-electron chi connectivity index (χ0n) is 13.0. The first kappa shape index (κ1) is 15.0. The van der Waals surface area contributed by atoms with Gasteiger partial charge >= 0.3 is 0 Å². The van der Waals surface area contributed by atoms with Gasteiger partial charge in [0.2, 0.25) is 5.43 Å². The van der Waals surface area contributed by atoms with Gasteiger partial charge in [-0.2, -0.15) is 5.10 Å². The summed E-state index contributed by atoms with van der Waals surface area (Å²) in [6.07, 6.45) is 0. The van der Waals surface area contributed by atoms with E-state index in [1.54, 1.807) is 29.9 Å². The van der Waals surface area contributed by atoms with Gasteiger partial charge in [0, 0.05) is 19.0 Å². The summed E-state index contributed by atoms with van der Waals surface area (Å²) in [7, 11) is 1.72. The molecule has 0 fully saturated rings. The summed E-state index contributed by atoms with van der Waals surface area (Å²) in [4.78, 5) is 24.8. The Hall–Kier alpha value is -2.95. The lowest BCUT2D eigenvalue weighted by atomic mass is 10.1. The van der Waals surface area contributed by atoms with E-state index in [1.807, 2.05) is 37.3 Å². The van der Waals surface area contributed by atoms with E-state index < -0.39 is 5.91 Å². The number of rotatable bonds is 3. The molecular formula is C18H17N3O2. The number of aryl methyl sites for hydroxylation is 2. The highest BCUT2D eigenvalue weighted by Gasteiger charge is 2.15. The molecule has 23 heavy (non-hydrogen) atoms. The van der Waals surface area contributed by atoms with E-state index in [2.05, 4.69) is 10.4 Å². The number of hydrogen-bond donors (Lipinski definition) is 1. The lowest BCUT2D eigenvalue weighted by molar-refractivity contribution is 0.0943. The molecule has 0 aliphatic heterocycles. The average Bonchev–Trinajstić information content (AvgIpc) is 2.57. The summed E-state index contributed by atoms with van der Waals surface area (Å²) in [5, 5.41) is 7.36. The first-order valence-electron chi connectivity index (χ1n) is 7.36. The number of carbonyl (C=O) groups is 1. The summed E-state index contributed by atoms with van der Waals surface area (Å²) in [5.74, 6) is -0.461. The van der Waals surface area contributed by atoms with Gasteiger partial charge in [-0.3, -0.25) is 14.3 Å². The van der Waals surface area contributed by atoms with Gasteiger partial charge in [0.1, 0.15) is 0 Å². The maximum absolute atomic E-state index is 12.4. The number of aromatic nitrogens is 2. The van der Waals surface area contributed by atoms with Crippen molar-refractivity contribution in [2.45, 2.75) is 13.5 Å². The minimum absolute atomic E-state index is 0.0849. The number of nitrogens with one attached hydrogen (secondary N) is 1. The van der Waals surface area contributed by atoms with Crippen LogP contribution in [0.15, 0.2) is 53.3 Å². The molecule has 1 N–H and O–H groups in total. The number of amides is 1. The summed E-state index contributed by atoms with van der Waals surface area (Å²) in [6.45, 7) is 2.36. The van der Waals surface area contributed by atoms with Crippen LogP contribution < -0.4 is 10.7 Å². The number of carbonyl (C=O) groups excluding carboxylic acids is 1. The Bertz CT molecular complexity index is 927. The molecule has 0 saturated heterocycles. The molecule has 5 heteroatoms. The van der Waals surface area contributed by atoms with Crippen molar-refractivity contribution in [2.75, 3.05) is 0 Å². The minimum Gasteiger partial charge on any atom is -0.346 e. The largest absolute Gasteiger partial charge is 0.346 e. The second kappa shape index (κ2) is 6.04. The average molecular weight is 307 g/mol. The highest BCUT2D eigenvalue weighted by molar-refractivity contribution is 5.95. The van der Waals surface area contributed by atoms with Gasteiger partial charge in [-0.25, -0.2) is 0 Å². The van der Waals surface area contributed by atoms with Crippen LogP contribution in [0.5, 0.6) is 0 Å². The van der Waals surface area contributed by atoms with Gasteiger partial charge in [-0.05, 0) is 24.6 Å². The molecule has 1 amide bonds. The van der Waals surface area contributed by atoms with E-state index in [-0.39, 0.29) is 11.1 Å². The molecule has 0 aliphatic rings. The van der Waals surface area contributed by atoms with Crippen molar-refractivity contribution in [1.29, 1.82) is 0 Å². The molecule has 0 saturated carbocycles. The number of fused-ring (bicyclic) bond motifs is 1. The number of benzene rings is 2. The molecule has 0 aliphatic carbocycles. The van der Waals surface area contributed by atoms with Gasteiger partial charge in [0.15, 0.2) is 5.69 Å². The predicted molar refractivity (Wildman–Crippen MR) is 89.3 cm³/mol. The van der Waals surface area contributed by atoms with E-state index >= 15 is 0 Å². The lowest BCUT2D eigenvalue weighted by Crippen LogP contribution is -2.31. The topological polar surface area (TPSA) is 64.0 Å². The Morgan fingerprint density at radius 1 is 1.13 bits per heavy atom. The molecule has 0 bridgehead atoms. The highest BCUT2D eigenvalue weighted by Crippen LogP contribution is 2.08. The second-order valence-electron chi connectivity index (χ2n) is 5.49. The molecule has 0 unspecified atom stereocenters. The van der Waals surface area contributed by atoms with Gasteiger partial charge in [-0.15, -0.1) is 0 Å². The Morgan fingerprint density at radius 2 is 1.83 bits per heavy atom. The summed E-state index contributed by atoms with van der Waals surface area (Å²) in [5.41, 5.74) is 2.40. The lowest BCUT2D eigenvalue weighted by Gasteiger charge is -2.08. The zero-order valence-corrected chi connectivity index (χ0v) is 13.0. The summed E-state index contributed by atoms with van der Waals surface area (Å²) in [6, 6.07) is 15.0. The van der Waals surface area contributed by atoms with Gasteiger partial charge in [0.25, 0.3) is 5.91 Å². The first-order chi connectivity index (χ1) is 11.1. The van der Waals surface area contributed by atoms with Crippen LogP contribution in [0.1, 0.15) is 21.6 Å². The van der Waals surface area contributed by atoms with Crippen LogP contribution in [0.2, 0.25) is 0 Å². The van der Waals surface area contributed by atoms with Crippen molar-refractivity contribution in [2.24, 2.45) is 7.05 Å². The minimum atomic E-state index is -0.461. The third kappa shape index (κ3) is 2.99. The van der Waals surface area contributed by atoms with Crippen LogP contribution in [-0.4, -0.2) is 15.7 Å². The molecule has 5 nitrogen and oxygen atoms in total. The third-order valence-corrected chi connectivity index (χ3v) is 3.75. The van der Waals surface area contributed by atoms with Gasteiger partial charge in [0.05, 0.1) is 5.52 Å². The van der Waals surface area contributed by atoms with Crippen molar-refractivity contribution in [3.63, 3.8) is 0 Å². The van der Waals surface area contributed by atoms with Crippen molar-refractivity contribution in [3.05, 3.63) is 75.6 Å². The molecular weight excluding hydrogens is 290 g/mol. The van der Waals surface area contributed by atoms with E-state index in [9.17, 15) is 9.59 Å². The Morgan fingerprint density at radius 3 is 2.57 bits per heavy atom. The van der Waals surface area contributed by atoms with Gasteiger partial charge < -0.3 is 5.32 Å². The van der Waals surface area contributed by atoms with Crippen molar-refractivity contribution < 1.29 is 4.79 Å². The summed E-state index contributed by atoms with van der Waals surface area (Å²) < 4.78 is 1.55. The fraction of sp³-hybridized carbons (Fsp3) is 0.167. The number of para-hydroxylation sites is 1. The number of nitrogens with zero attached hydrogens (tertiary/aromatic N) is 2. The maximum Gasteiger partial charge on any atom is 0.276 e. The Balaban J connectivity index is 1.88. The summed E-state index contributed by atoms with van der Waals surface area (Å²) >= 11 is 0. The fourth-order valence-electron chi connectivity index (χ4n) is 2.45. The smallest absolute Gasteiger partial charge is 0.276 e. The first-order valence-corrected chi connectivity index (χ1v) is 7.36. The quantitative estimate of drug-likeness (QED) is 0.806. The van der Waals surface area contributed by atoms with Crippen molar-refractivity contribution >= 4 is 16.8 Å².